The van der Waals surface area contributed by atoms with Gasteiger partial charge in [-0.1, -0.05) is 48.2 Å². The summed E-state index contributed by atoms with van der Waals surface area (Å²) in [4.78, 5) is 13.5. The van der Waals surface area contributed by atoms with Crippen LogP contribution in [0.25, 0.3) is 0 Å². The average Bonchev–Trinajstić information content (AvgIpc) is 2.89. The molecular weight excluding hydrogens is 320 g/mol. The van der Waals surface area contributed by atoms with Gasteiger partial charge < -0.3 is 0 Å². The monoisotopic (exact) mass is 332 g/mol. The number of amides is 1. The number of carbonyl (C=O) groups is 1. The summed E-state index contributed by atoms with van der Waals surface area (Å²) in [5.41, 5.74) is 0.611. The van der Waals surface area contributed by atoms with Crippen molar-refractivity contribution in [1.29, 1.82) is 0 Å². The van der Waals surface area contributed by atoms with Crippen LogP contribution in [0.4, 0.5) is 5.69 Å². The van der Waals surface area contributed by atoms with Gasteiger partial charge in [-0.3, -0.25) is 9.69 Å². The minimum Gasteiger partial charge on any atom is -0.273 e. The molecule has 0 atom stereocenters. The Kier molecular flexibility index (Phi) is 4.00. The number of thioether (sulfide) groups is 1. The van der Waals surface area contributed by atoms with Crippen LogP contribution >= 0.6 is 11.8 Å². The molecule has 1 aliphatic rings. The van der Waals surface area contributed by atoms with Gasteiger partial charge in [0.05, 0.1) is 16.3 Å². The van der Waals surface area contributed by atoms with Crippen molar-refractivity contribution < 1.29 is 13.2 Å². The molecule has 1 heterocycles. The summed E-state index contributed by atoms with van der Waals surface area (Å²) < 4.78 is 28.5. The van der Waals surface area contributed by atoms with Gasteiger partial charge in [0.25, 0.3) is 10.0 Å². The topological polar surface area (TPSA) is 66.8 Å². The van der Waals surface area contributed by atoms with Crippen molar-refractivity contribution in [3.8, 4) is 0 Å². The highest BCUT2D eigenvalue weighted by atomic mass is 32.2. The van der Waals surface area contributed by atoms with Crippen LogP contribution in [0.3, 0.4) is 0 Å². The number of benzene rings is 2. The molecular formula is C15H12N2O3S2. The lowest BCUT2D eigenvalue weighted by molar-refractivity contribution is -0.115. The Bertz CT molecular complexity index is 818. The molecule has 2 aromatic carbocycles. The van der Waals surface area contributed by atoms with Gasteiger partial charge in [0.15, 0.2) is 5.17 Å². The SMILES string of the molecule is O=C1CS/C(=N/S(=O)(=O)c2ccccc2)N1c1ccccc1. The molecule has 2 aromatic rings. The second-order valence-corrected chi connectivity index (χ2v) is 7.06. The molecule has 0 aliphatic carbocycles. The van der Waals surface area contributed by atoms with E-state index in [2.05, 4.69) is 4.40 Å². The first kappa shape index (κ1) is 14.8. The van der Waals surface area contributed by atoms with Gasteiger partial charge in [0.2, 0.25) is 5.91 Å². The molecule has 0 radical (unpaired) electrons. The van der Waals surface area contributed by atoms with E-state index in [-0.39, 0.29) is 21.7 Å². The van der Waals surface area contributed by atoms with E-state index in [0.29, 0.717) is 5.69 Å². The van der Waals surface area contributed by atoms with Crippen LogP contribution in [0.2, 0.25) is 0 Å². The average molecular weight is 332 g/mol. The highest BCUT2D eigenvalue weighted by Crippen LogP contribution is 2.28. The fourth-order valence-corrected chi connectivity index (χ4v) is 4.13. The van der Waals surface area contributed by atoms with Crippen molar-refractivity contribution in [2.45, 2.75) is 4.90 Å². The summed E-state index contributed by atoms with van der Waals surface area (Å²) in [5.74, 6) is -0.00360. The number of hydrogen-bond donors (Lipinski definition) is 0. The molecule has 112 valence electrons. The van der Waals surface area contributed by atoms with E-state index in [1.807, 2.05) is 6.07 Å². The van der Waals surface area contributed by atoms with Crippen LogP contribution in [0.5, 0.6) is 0 Å². The number of carbonyl (C=O) groups excluding carboxylic acids is 1. The quantitative estimate of drug-likeness (QED) is 0.866. The molecule has 3 rings (SSSR count). The van der Waals surface area contributed by atoms with E-state index >= 15 is 0 Å². The Labute approximate surface area is 132 Å². The first-order chi connectivity index (χ1) is 10.6. The highest BCUT2D eigenvalue weighted by molar-refractivity contribution is 8.16. The van der Waals surface area contributed by atoms with Crippen molar-refractivity contribution in [3.63, 3.8) is 0 Å². The fraction of sp³-hybridized carbons (Fsp3) is 0.0667. The zero-order valence-electron chi connectivity index (χ0n) is 11.4. The number of hydrogen-bond acceptors (Lipinski definition) is 4. The summed E-state index contributed by atoms with van der Waals surface area (Å²) in [6, 6.07) is 16.9. The number of amidine groups is 1. The Morgan fingerprint density at radius 3 is 2.18 bits per heavy atom. The number of rotatable bonds is 3. The van der Waals surface area contributed by atoms with E-state index in [1.165, 1.54) is 17.0 Å². The molecule has 1 aliphatic heterocycles. The largest absolute Gasteiger partial charge is 0.284 e. The third kappa shape index (κ3) is 2.90. The minimum atomic E-state index is -3.83. The second kappa shape index (κ2) is 5.94. The predicted octanol–water partition coefficient (Wildman–Crippen LogP) is 2.51. The van der Waals surface area contributed by atoms with Crippen LogP contribution in [-0.2, 0) is 14.8 Å². The molecule has 0 N–H and O–H groups in total. The van der Waals surface area contributed by atoms with Gasteiger partial charge in [0, 0.05) is 0 Å². The molecule has 22 heavy (non-hydrogen) atoms. The lowest BCUT2D eigenvalue weighted by Gasteiger charge is -2.15. The molecule has 0 unspecified atom stereocenters. The molecule has 1 saturated heterocycles. The first-order valence-corrected chi connectivity index (χ1v) is 8.91. The molecule has 1 amide bonds. The van der Waals surface area contributed by atoms with Crippen molar-refractivity contribution in [3.05, 3.63) is 60.7 Å². The zero-order valence-corrected chi connectivity index (χ0v) is 13.0. The minimum absolute atomic E-state index is 0.107. The summed E-state index contributed by atoms with van der Waals surface area (Å²) in [6.45, 7) is 0. The smallest absolute Gasteiger partial charge is 0.273 e. The molecule has 1 fully saturated rings. The van der Waals surface area contributed by atoms with Crippen molar-refractivity contribution >= 4 is 38.5 Å². The van der Waals surface area contributed by atoms with Crippen LogP contribution < -0.4 is 4.90 Å². The van der Waals surface area contributed by atoms with Crippen LogP contribution in [0, 0.1) is 0 Å². The summed E-state index contributed by atoms with van der Waals surface area (Å²) >= 11 is 1.12. The van der Waals surface area contributed by atoms with Gasteiger partial charge >= 0.3 is 0 Å². The van der Waals surface area contributed by atoms with Crippen molar-refractivity contribution in [1.82, 2.24) is 0 Å². The second-order valence-electron chi connectivity index (χ2n) is 4.52. The number of anilines is 1. The Hall–Kier alpha value is -2.12. The third-order valence-corrected chi connectivity index (χ3v) is 5.34. The van der Waals surface area contributed by atoms with Gasteiger partial charge in [-0.25, -0.2) is 0 Å². The van der Waals surface area contributed by atoms with Gasteiger partial charge in [-0.05, 0) is 24.3 Å². The van der Waals surface area contributed by atoms with Gasteiger partial charge in [-0.2, -0.15) is 8.42 Å². The standard InChI is InChI=1S/C15H12N2O3S2/c18-14-11-21-15(17(14)12-7-3-1-4-8-12)16-22(19,20)13-9-5-2-6-10-13/h1-10H,11H2/b16-15+. The van der Waals surface area contributed by atoms with E-state index in [4.69, 9.17) is 0 Å². The first-order valence-electron chi connectivity index (χ1n) is 6.49. The van der Waals surface area contributed by atoms with Crippen LogP contribution in [0.1, 0.15) is 0 Å². The molecule has 7 heteroatoms. The number of para-hydroxylation sites is 1. The number of nitrogens with zero attached hydrogens (tertiary/aromatic N) is 2. The maximum Gasteiger partial charge on any atom is 0.284 e. The molecule has 5 nitrogen and oxygen atoms in total. The lowest BCUT2D eigenvalue weighted by Crippen LogP contribution is -2.29. The molecule has 0 saturated carbocycles. The molecule has 0 spiro atoms. The normalized spacial score (nSPS) is 17.2. The van der Waals surface area contributed by atoms with E-state index < -0.39 is 10.0 Å². The maximum absolute atomic E-state index is 12.3. The fourth-order valence-electron chi connectivity index (χ4n) is 2.01. The van der Waals surface area contributed by atoms with E-state index in [0.717, 1.165) is 11.8 Å². The highest BCUT2D eigenvalue weighted by Gasteiger charge is 2.31. The van der Waals surface area contributed by atoms with Crippen LogP contribution in [-0.4, -0.2) is 25.2 Å². The summed E-state index contributed by atoms with van der Waals surface area (Å²) in [7, 11) is -3.83. The summed E-state index contributed by atoms with van der Waals surface area (Å²) in [5, 5.41) is 0.181. The van der Waals surface area contributed by atoms with E-state index in [9.17, 15) is 13.2 Å². The third-order valence-electron chi connectivity index (χ3n) is 3.02. The Balaban J connectivity index is 2.02. The maximum atomic E-state index is 12.3. The van der Waals surface area contributed by atoms with E-state index in [1.54, 1.807) is 42.5 Å². The molecule has 0 bridgehead atoms. The zero-order chi connectivity index (χ0) is 15.6. The van der Waals surface area contributed by atoms with Gasteiger partial charge in [-0.15, -0.1) is 4.40 Å². The Morgan fingerprint density at radius 1 is 0.955 bits per heavy atom. The van der Waals surface area contributed by atoms with Crippen LogP contribution in [0.15, 0.2) is 70.0 Å². The summed E-state index contributed by atoms with van der Waals surface area (Å²) in [6.07, 6.45) is 0. The predicted molar refractivity (Wildman–Crippen MR) is 87.4 cm³/mol. The lowest BCUT2D eigenvalue weighted by atomic mass is 10.3. The molecule has 0 aromatic heterocycles. The number of sulfonamides is 1. The van der Waals surface area contributed by atoms with Crippen molar-refractivity contribution in [2.75, 3.05) is 10.7 Å². The Morgan fingerprint density at radius 2 is 1.55 bits per heavy atom. The van der Waals surface area contributed by atoms with Gasteiger partial charge in [0.1, 0.15) is 0 Å². The van der Waals surface area contributed by atoms with Crippen molar-refractivity contribution in [2.24, 2.45) is 4.40 Å².